The highest BCUT2D eigenvalue weighted by Crippen LogP contribution is 2.32. The van der Waals surface area contributed by atoms with Crippen LogP contribution in [0, 0.1) is 10.1 Å². The van der Waals surface area contributed by atoms with Crippen molar-refractivity contribution in [2.24, 2.45) is 0 Å². The Labute approximate surface area is 127 Å². The van der Waals surface area contributed by atoms with E-state index in [1.165, 1.54) is 18.2 Å². The van der Waals surface area contributed by atoms with Gasteiger partial charge in [-0.1, -0.05) is 23.7 Å². The normalized spacial score (nSPS) is 11.1. The van der Waals surface area contributed by atoms with Gasteiger partial charge in [0.05, 0.1) is 15.5 Å². The number of rotatable bonds is 4. The number of nitrogens with zero attached hydrogens (tertiary/aromatic N) is 2. The molecular formula is C12H8ClF3N4O2. The van der Waals surface area contributed by atoms with Crippen molar-refractivity contribution in [2.45, 2.75) is 6.18 Å². The summed E-state index contributed by atoms with van der Waals surface area (Å²) in [5, 5.41) is 10.5. The molecule has 0 aliphatic heterocycles. The smallest absolute Gasteiger partial charge is 0.293 e. The predicted molar refractivity (Wildman–Crippen MR) is 74.6 cm³/mol. The van der Waals surface area contributed by atoms with Gasteiger partial charge >= 0.3 is 6.18 Å². The summed E-state index contributed by atoms with van der Waals surface area (Å²) in [6.07, 6.45) is -3.95. The summed E-state index contributed by atoms with van der Waals surface area (Å²) in [7, 11) is 0. The van der Waals surface area contributed by atoms with Crippen LogP contribution in [0.2, 0.25) is 5.02 Å². The van der Waals surface area contributed by atoms with Crippen molar-refractivity contribution in [3.8, 4) is 0 Å². The van der Waals surface area contributed by atoms with Gasteiger partial charge in [-0.2, -0.15) is 13.2 Å². The predicted octanol–water partition coefficient (Wildman–Crippen LogP) is 4.10. The molecule has 116 valence electrons. The van der Waals surface area contributed by atoms with Crippen LogP contribution < -0.4 is 10.9 Å². The molecule has 0 aliphatic carbocycles. The molecular weight excluding hydrogens is 325 g/mol. The van der Waals surface area contributed by atoms with Crippen LogP contribution in [0.3, 0.4) is 0 Å². The van der Waals surface area contributed by atoms with E-state index in [1.54, 1.807) is 6.07 Å². The number of aromatic nitrogens is 1. The summed E-state index contributed by atoms with van der Waals surface area (Å²) in [5.74, 6) is -0.0900. The summed E-state index contributed by atoms with van der Waals surface area (Å²) >= 11 is 5.71. The Morgan fingerprint density at radius 2 is 1.91 bits per heavy atom. The first kappa shape index (κ1) is 15.8. The van der Waals surface area contributed by atoms with Crippen molar-refractivity contribution >= 4 is 28.8 Å². The Bertz CT molecular complexity index is 709. The van der Waals surface area contributed by atoms with E-state index in [2.05, 4.69) is 15.8 Å². The van der Waals surface area contributed by atoms with E-state index in [-0.39, 0.29) is 22.2 Å². The number of halogens is 4. The zero-order valence-corrected chi connectivity index (χ0v) is 11.4. The van der Waals surface area contributed by atoms with Crippen molar-refractivity contribution in [3.05, 3.63) is 57.2 Å². The third kappa shape index (κ3) is 3.55. The molecule has 22 heavy (non-hydrogen) atoms. The summed E-state index contributed by atoms with van der Waals surface area (Å²) in [6, 6.07) is 6.43. The van der Waals surface area contributed by atoms with E-state index >= 15 is 0 Å². The summed E-state index contributed by atoms with van der Waals surface area (Å²) in [6.45, 7) is 0. The minimum Gasteiger partial charge on any atom is -0.293 e. The number of nitro benzene ring substituents is 1. The molecule has 1 heterocycles. The van der Waals surface area contributed by atoms with E-state index in [9.17, 15) is 23.3 Å². The lowest BCUT2D eigenvalue weighted by Crippen LogP contribution is -2.13. The second-order valence-electron chi connectivity index (χ2n) is 4.08. The summed E-state index contributed by atoms with van der Waals surface area (Å²) in [4.78, 5) is 13.8. The molecule has 2 aromatic rings. The molecule has 0 saturated carbocycles. The van der Waals surface area contributed by atoms with E-state index in [0.717, 1.165) is 0 Å². The molecule has 0 radical (unpaired) electrons. The number of hydrazine groups is 1. The lowest BCUT2D eigenvalue weighted by atomic mass is 10.3. The van der Waals surface area contributed by atoms with Crippen LogP contribution in [0.1, 0.15) is 5.56 Å². The zero-order chi connectivity index (χ0) is 16.3. The van der Waals surface area contributed by atoms with Gasteiger partial charge in [0.25, 0.3) is 5.69 Å². The monoisotopic (exact) mass is 332 g/mol. The second-order valence-corrected chi connectivity index (χ2v) is 4.48. The van der Waals surface area contributed by atoms with Crippen molar-refractivity contribution in [1.82, 2.24) is 4.98 Å². The van der Waals surface area contributed by atoms with Gasteiger partial charge in [-0.25, -0.2) is 4.98 Å². The lowest BCUT2D eigenvalue weighted by molar-refractivity contribution is -0.383. The van der Waals surface area contributed by atoms with Crippen molar-refractivity contribution < 1.29 is 18.1 Å². The third-order valence-electron chi connectivity index (χ3n) is 2.58. The van der Waals surface area contributed by atoms with Gasteiger partial charge in [0.15, 0.2) is 5.82 Å². The molecule has 1 aromatic carbocycles. The van der Waals surface area contributed by atoms with E-state index in [1.807, 2.05) is 0 Å². The molecule has 0 fully saturated rings. The first-order chi connectivity index (χ1) is 10.3. The number of hydrogen-bond donors (Lipinski definition) is 2. The maximum absolute atomic E-state index is 12.5. The van der Waals surface area contributed by atoms with E-state index < -0.39 is 16.7 Å². The number of benzene rings is 1. The maximum Gasteiger partial charge on any atom is 0.417 e. The van der Waals surface area contributed by atoms with Gasteiger partial charge in [0, 0.05) is 12.3 Å². The molecule has 0 spiro atoms. The molecule has 0 aliphatic rings. The number of para-hydroxylation sites is 2. The Morgan fingerprint density at radius 3 is 2.50 bits per heavy atom. The summed E-state index contributed by atoms with van der Waals surface area (Å²) in [5.41, 5.74) is 3.84. The average Bonchev–Trinajstić information content (AvgIpc) is 2.45. The minimum atomic E-state index is -4.55. The fourth-order valence-electron chi connectivity index (χ4n) is 1.55. The van der Waals surface area contributed by atoms with Crippen molar-refractivity contribution in [1.29, 1.82) is 0 Å². The van der Waals surface area contributed by atoms with E-state index in [0.29, 0.717) is 12.3 Å². The zero-order valence-electron chi connectivity index (χ0n) is 10.7. The minimum absolute atomic E-state index is 0.0900. The molecule has 1 aromatic heterocycles. The molecule has 6 nitrogen and oxygen atoms in total. The standard InChI is InChI=1S/C12H8ClF3N4O2/c13-8-5-7(12(14,15)16)6-17-11(8)19-18-9-3-1-2-4-10(9)20(21)22/h1-6,18H,(H,17,19). The number of anilines is 2. The number of nitro groups is 1. The van der Waals surface area contributed by atoms with Crippen LogP contribution in [0.15, 0.2) is 36.5 Å². The highest BCUT2D eigenvalue weighted by molar-refractivity contribution is 6.33. The number of hydrogen-bond acceptors (Lipinski definition) is 5. The largest absolute Gasteiger partial charge is 0.417 e. The molecule has 2 N–H and O–H groups in total. The Morgan fingerprint density at radius 1 is 1.23 bits per heavy atom. The molecule has 0 atom stereocenters. The number of nitrogens with one attached hydrogen (secondary N) is 2. The molecule has 0 bridgehead atoms. The summed E-state index contributed by atoms with van der Waals surface area (Å²) < 4.78 is 37.4. The quantitative estimate of drug-likeness (QED) is 0.651. The van der Waals surface area contributed by atoms with Gasteiger partial charge in [-0.3, -0.25) is 21.0 Å². The highest BCUT2D eigenvalue weighted by Gasteiger charge is 2.31. The average molecular weight is 333 g/mol. The molecule has 0 unspecified atom stereocenters. The van der Waals surface area contributed by atoms with Crippen LogP contribution in [0.4, 0.5) is 30.4 Å². The lowest BCUT2D eigenvalue weighted by Gasteiger charge is -2.12. The third-order valence-corrected chi connectivity index (χ3v) is 2.87. The van der Waals surface area contributed by atoms with Crippen LogP contribution in [0.25, 0.3) is 0 Å². The molecule has 0 amide bonds. The molecule has 2 rings (SSSR count). The first-order valence-electron chi connectivity index (χ1n) is 5.77. The maximum atomic E-state index is 12.5. The number of pyridine rings is 1. The second kappa shape index (κ2) is 6.06. The highest BCUT2D eigenvalue weighted by atomic mass is 35.5. The van der Waals surface area contributed by atoms with E-state index in [4.69, 9.17) is 11.6 Å². The molecule has 10 heteroatoms. The Hall–Kier alpha value is -2.55. The topological polar surface area (TPSA) is 80.1 Å². The van der Waals surface area contributed by atoms with Crippen LogP contribution in [-0.4, -0.2) is 9.91 Å². The Kier molecular flexibility index (Phi) is 4.36. The van der Waals surface area contributed by atoms with Crippen molar-refractivity contribution in [2.75, 3.05) is 10.9 Å². The Balaban J connectivity index is 2.18. The van der Waals surface area contributed by atoms with Gasteiger partial charge in [-0.15, -0.1) is 0 Å². The number of alkyl halides is 3. The molecule has 0 saturated heterocycles. The fraction of sp³-hybridized carbons (Fsp3) is 0.0833. The SMILES string of the molecule is O=[N+]([O-])c1ccccc1NNc1ncc(C(F)(F)F)cc1Cl. The van der Waals surface area contributed by atoms with Gasteiger partial charge in [-0.05, 0) is 12.1 Å². The van der Waals surface area contributed by atoms with Crippen molar-refractivity contribution in [3.63, 3.8) is 0 Å². The van der Waals surface area contributed by atoms with Gasteiger partial charge in [0.1, 0.15) is 5.69 Å². The van der Waals surface area contributed by atoms with Crippen LogP contribution in [0.5, 0.6) is 0 Å². The van der Waals surface area contributed by atoms with Gasteiger partial charge in [0.2, 0.25) is 0 Å². The van der Waals surface area contributed by atoms with Gasteiger partial charge < -0.3 is 0 Å². The first-order valence-corrected chi connectivity index (χ1v) is 6.15. The van der Waals surface area contributed by atoms with Crippen LogP contribution >= 0.6 is 11.6 Å². The fourth-order valence-corrected chi connectivity index (χ4v) is 1.76. The van der Waals surface area contributed by atoms with Crippen LogP contribution in [-0.2, 0) is 6.18 Å².